The number of thiol groups is 1. The van der Waals surface area contributed by atoms with Crippen molar-refractivity contribution in [2.45, 2.75) is 6.42 Å². The molecule has 0 unspecified atom stereocenters. The van der Waals surface area contributed by atoms with Crippen LogP contribution in [-0.2, 0) is 15.5 Å². The predicted octanol–water partition coefficient (Wildman–Crippen LogP) is -1.10. The van der Waals surface area contributed by atoms with Gasteiger partial charge in [0, 0.05) is 6.42 Å². The maximum Gasteiger partial charge on any atom is 0.218 e. The molecular formula is C3H8ClNO3S. The Bertz CT molecular complexity index is 147. The van der Waals surface area contributed by atoms with E-state index in [0.717, 1.165) is 0 Å². The summed E-state index contributed by atoms with van der Waals surface area (Å²) in [6, 6.07) is 0. The number of hydrogen-bond donors (Lipinski definition) is 2. The van der Waals surface area contributed by atoms with Gasteiger partial charge in [-0.25, -0.2) is 8.42 Å². The molecule has 0 aromatic heterocycles. The van der Waals surface area contributed by atoms with Gasteiger partial charge in [0.25, 0.3) is 0 Å². The number of amides is 1. The monoisotopic (exact) mass is 173 g/mol. The van der Waals surface area contributed by atoms with Crippen molar-refractivity contribution in [3.05, 3.63) is 0 Å². The number of carbonyl (C=O) groups excluding carboxylic acids is 1. The van der Waals surface area contributed by atoms with E-state index in [1.54, 1.807) is 0 Å². The summed E-state index contributed by atoms with van der Waals surface area (Å²) < 4.78 is 19.5. The third-order valence-corrected chi connectivity index (χ3v) is 1.13. The summed E-state index contributed by atoms with van der Waals surface area (Å²) in [6.07, 6.45) is -0.0707. The van der Waals surface area contributed by atoms with Crippen LogP contribution in [0.2, 0.25) is 0 Å². The van der Waals surface area contributed by atoms with Crippen molar-refractivity contribution in [2.75, 3.05) is 5.75 Å². The number of rotatable bonds is 3. The Hall–Kier alpha value is -0.290. The molecule has 0 rings (SSSR count). The van der Waals surface area contributed by atoms with Gasteiger partial charge in [-0.15, -0.1) is 12.4 Å². The van der Waals surface area contributed by atoms with Crippen molar-refractivity contribution in [1.29, 1.82) is 0 Å². The Kier molecular flexibility index (Phi) is 7.46. The van der Waals surface area contributed by atoms with Crippen LogP contribution < -0.4 is 5.73 Å². The average Bonchev–Trinajstić information content (AvgIpc) is 1.61. The van der Waals surface area contributed by atoms with Gasteiger partial charge in [0.2, 0.25) is 5.91 Å². The highest BCUT2D eigenvalue weighted by Gasteiger charge is 1.92. The molecule has 4 nitrogen and oxygen atoms in total. The lowest BCUT2D eigenvalue weighted by Crippen LogP contribution is -2.12. The number of nitrogens with two attached hydrogens (primary N) is 1. The molecule has 56 valence electrons. The first-order valence-electron chi connectivity index (χ1n) is 2.03. The van der Waals surface area contributed by atoms with Crippen LogP contribution in [0.15, 0.2) is 0 Å². The van der Waals surface area contributed by atoms with Crippen molar-refractivity contribution in [3.63, 3.8) is 0 Å². The lowest BCUT2D eigenvalue weighted by Gasteiger charge is -1.82. The SMILES string of the molecule is Cl.NC(=O)CC[SH](=O)=O. The maximum absolute atomic E-state index is 9.86. The normalized spacial score (nSPS) is 8.56. The molecule has 9 heavy (non-hydrogen) atoms. The molecule has 6 heteroatoms. The molecule has 0 saturated carbocycles. The lowest BCUT2D eigenvalue weighted by molar-refractivity contribution is -0.117. The van der Waals surface area contributed by atoms with E-state index in [1.165, 1.54) is 0 Å². The van der Waals surface area contributed by atoms with E-state index in [0.29, 0.717) is 0 Å². The van der Waals surface area contributed by atoms with Gasteiger partial charge in [-0.05, 0) is 0 Å². The van der Waals surface area contributed by atoms with Crippen LogP contribution in [0.1, 0.15) is 6.42 Å². The molecule has 0 fully saturated rings. The van der Waals surface area contributed by atoms with E-state index in [1.807, 2.05) is 0 Å². The van der Waals surface area contributed by atoms with Crippen molar-refractivity contribution >= 4 is 29.0 Å². The quantitative estimate of drug-likeness (QED) is 0.532. The predicted molar refractivity (Wildman–Crippen MR) is 36.2 cm³/mol. The van der Waals surface area contributed by atoms with E-state index in [4.69, 9.17) is 0 Å². The standard InChI is InChI=1S/C3H7NO3S.ClH/c4-3(5)1-2-8(6)7;/h8H,1-2H2,(H2,4,5);1H. The first-order chi connectivity index (χ1) is 3.63. The summed E-state index contributed by atoms with van der Waals surface area (Å²) in [7, 11) is -2.43. The molecule has 0 spiro atoms. The van der Waals surface area contributed by atoms with Gasteiger partial charge in [-0.2, -0.15) is 0 Å². The summed E-state index contributed by atoms with van der Waals surface area (Å²) in [5, 5.41) is 0. The highest BCUT2D eigenvalue weighted by molar-refractivity contribution is 7.72. The molecule has 0 bridgehead atoms. The van der Waals surface area contributed by atoms with Crippen LogP contribution in [-0.4, -0.2) is 20.1 Å². The fraction of sp³-hybridized carbons (Fsp3) is 0.667. The molecule has 0 atom stereocenters. The first kappa shape index (κ1) is 11.5. The van der Waals surface area contributed by atoms with Crippen LogP contribution >= 0.6 is 12.4 Å². The van der Waals surface area contributed by atoms with Gasteiger partial charge in [-0.3, -0.25) is 4.79 Å². The Morgan fingerprint density at radius 1 is 1.44 bits per heavy atom. The van der Waals surface area contributed by atoms with E-state index in [9.17, 15) is 13.2 Å². The van der Waals surface area contributed by atoms with Crippen molar-refractivity contribution in [3.8, 4) is 0 Å². The lowest BCUT2D eigenvalue weighted by atomic mass is 10.5. The Balaban J connectivity index is 0. The largest absolute Gasteiger partial charge is 0.370 e. The van der Waals surface area contributed by atoms with Crippen LogP contribution in [0, 0.1) is 0 Å². The van der Waals surface area contributed by atoms with Gasteiger partial charge >= 0.3 is 0 Å². The fourth-order valence-electron chi connectivity index (χ4n) is 0.201. The molecule has 0 aromatic rings. The van der Waals surface area contributed by atoms with Crippen LogP contribution in [0.3, 0.4) is 0 Å². The molecule has 0 aromatic carbocycles. The molecule has 2 N–H and O–H groups in total. The molecule has 0 saturated heterocycles. The van der Waals surface area contributed by atoms with Gasteiger partial charge in [0.05, 0.1) is 5.75 Å². The first-order valence-corrected chi connectivity index (χ1v) is 3.39. The summed E-state index contributed by atoms with van der Waals surface area (Å²) in [6.45, 7) is 0. The molecule has 0 heterocycles. The average molecular weight is 174 g/mol. The van der Waals surface area contributed by atoms with E-state index < -0.39 is 16.6 Å². The van der Waals surface area contributed by atoms with Crippen LogP contribution in [0.4, 0.5) is 0 Å². The summed E-state index contributed by atoms with van der Waals surface area (Å²) >= 11 is 0. The smallest absolute Gasteiger partial charge is 0.218 e. The summed E-state index contributed by atoms with van der Waals surface area (Å²) in [5.74, 6) is -0.714. The Labute approximate surface area is 60.8 Å². The second-order valence-corrected chi connectivity index (χ2v) is 2.39. The van der Waals surface area contributed by atoms with Gasteiger partial charge < -0.3 is 5.73 Å². The van der Waals surface area contributed by atoms with Crippen LogP contribution in [0.5, 0.6) is 0 Å². The molecule has 0 aliphatic heterocycles. The summed E-state index contributed by atoms with van der Waals surface area (Å²) in [5.41, 5.74) is 4.63. The van der Waals surface area contributed by atoms with E-state index in [-0.39, 0.29) is 24.6 Å². The third kappa shape index (κ3) is 11.3. The Morgan fingerprint density at radius 2 is 1.89 bits per heavy atom. The zero-order valence-electron chi connectivity index (χ0n) is 4.57. The van der Waals surface area contributed by atoms with Gasteiger partial charge in [0.1, 0.15) is 10.7 Å². The molecule has 1 amide bonds. The number of primary amides is 1. The topological polar surface area (TPSA) is 77.2 Å². The summed E-state index contributed by atoms with van der Waals surface area (Å²) in [4.78, 5) is 9.86. The minimum Gasteiger partial charge on any atom is -0.370 e. The molecule has 0 aliphatic rings. The van der Waals surface area contributed by atoms with Crippen molar-refractivity contribution in [1.82, 2.24) is 0 Å². The van der Waals surface area contributed by atoms with E-state index in [2.05, 4.69) is 5.73 Å². The maximum atomic E-state index is 9.86. The minimum absolute atomic E-state index is 0. The zero-order valence-corrected chi connectivity index (χ0v) is 6.28. The molecule has 0 radical (unpaired) electrons. The highest BCUT2D eigenvalue weighted by Crippen LogP contribution is 1.74. The highest BCUT2D eigenvalue weighted by atomic mass is 35.5. The molecular weight excluding hydrogens is 166 g/mol. The minimum atomic E-state index is -2.43. The third-order valence-electron chi connectivity index (χ3n) is 0.541. The second kappa shape index (κ2) is 5.84. The number of carbonyl (C=O) groups is 1. The zero-order chi connectivity index (χ0) is 6.57. The molecule has 0 aliphatic carbocycles. The Morgan fingerprint density at radius 3 is 2.00 bits per heavy atom. The van der Waals surface area contributed by atoms with E-state index >= 15 is 0 Å². The van der Waals surface area contributed by atoms with Gasteiger partial charge in [-0.1, -0.05) is 0 Å². The van der Waals surface area contributed by atoms with Gasteiger partial charge in [0.15, 0.2) is 0 Å². The van der Waals surface area contributed by atoms with Crippen LogP contribution in [0.25, 0.3) is 0 Å². The second-order valence-electron chi connectivity index (χ2n) is 1.27. The van der Waals surface area contributed by atoms with Crippen molar-refractivity contribution in [2.24, 2.45) is 5.73 Å². The fourth-order valence-corrected chi connectivity index (χ4v) is 0.604. The van der Waals surface area contributed by atoms with Crippen molar-refractivity contribution < 1.29 is 13.2 Å². The number of hydrogen-bond acceptors (Lipinski definition) is 3. The number of halogens is 1.